The molecule has 1 saturated heterocycles. The number of amidine groups is 1. The smallest absolute Gasteiger partial charge is 0.242 e. The van der Waals surface area contributed by atoms with E-state index >= 15 is 0 Å². The molecule has 3 aliphatic rings. The van der Waals surface area contributed by atoms with Crippen LogP contribution in [0.1, 0.15) is 52.4 Å². The van der Waals surface area contributed by atoms with Gasteiger partial charge in [-0.25, -0.2) is 0 Å². The Bertz CT molecular complexity index is 389. The van der Waals surface area contributed by atoms with Crippen molar-refractivity contribution in [2.45, 2.75) is 63.2 Å². The van der Waals surface area contributed by atoms with Gasteiger partial charge in [0, 0.05) is 0 Å². The molecule has 2 bridgehead atoms. The van der Waals surface area contributed by atoms with Crippen LogP contribution in [0.25, 0.3) is 0 Å². The number of thioether (sulfide) groups is 1. The molecule has 0 unspecified atom stereocenters. The molecule has 18 heavy (non-hydrogen) atoms. The molecule has 100 valence electrons. The van der Waals surface area contributed by atoms with Crippen LogP contribution in [0.3, 0.4) is 0 Å². The number of rotatable bonds is 3. The van der Waals surface area contributed by atoms with Gasteiger partial charge in [-0.2, -0.15) is 0 Å². The van der Waals surface area contributed by atoms with E-state index in [1.807, 2.05) is 0 Å². The van der Waals surface area contributed by atoms with Crippen LogP contribution >= 0.6 is 11.8 Å². The lowest BCUT2D eigenvalue weighted by molar-refractivity contribution is -0.121. The van der Waals surface area contributed by atoms with Crippen molar-refractivity contribution < 1.29 is 4.79 Å². The second-order valence-electron chi connectivity index (χ2n) is 5.93. The maximum absolute atomic E-state index is 12.1. The molecule has 3 nitrogen and oxygen atoms in total. The number of carbonyl (C=O) groups is 1. The third kappa shape index (κ3) is 1.89. The molecule has 1 aliphatic heterocycles. The normalized spacial score (nSPS) is 39.6. The van der Waals surface area contributed by atoms with Crippen molar-refractivity contribution in [2.75, 3.05) is 0 Å². The Labute approximate surface area is 113 Å². The van der Waals surface area contributed by atoms with E-state index in [0.717, 1.165) is 29.8 Å². The number of hydrogen-bond acceptors (Lipinski definition) is 3. The highest BCUT2D eigenvalue weighted by Crippen LogP contribution is 2.47. The summed E-state index contributed by atoms with van der Waals surface area (Å²) in [4.78, 5) is 16.9. The fraction of sp³-hybridized carbons (Fsp3) is 0.857. The van der Waals surface area contributed by atoms with E-state index < -0.39 is 0 Å². The van der Waals surface area contributed by atoms with E-state index in [4.69, 9.17) is 4.99 Å². The average Bonchev–Trinajstić information content (AvgIpc) is 3.04. The second kappa shape index (κ2) is 4.55. The lowest BCUT2D eigenvalue weighted by atomic mass is 9.96. The van der Waals surface area contributed by atoms with E-state index in [2.05, 4.69) is 19.2 Å². The fourth-order valence-corrected chi connectivity index (χ4v) is 4.90. The molecule has 2 saturated carbocycles. The van der Waals surface area contributed by atoms with E-state index in [0.29, 0.717) is 6.04 Å². The summed E-state index contributed by atoms with van der Waals surface area (Å²) in [7, 11) is 0. The van der Waals surface area contributed by atoms with Crippen LogP contribution in [0.4, 0.5) is 0 Å². The number of hydrogen-bond donors (Lipinski definition) is 1. The predicted octanol–water partition coefficient (Wildman–Crippen LogP) is 2.95. The minimum atomic E-state index is -0.254. The van der Waals surface area contributed by atoms with Crippen LogP contribution in [0.15, 0.2) is 4.99 Å². The van der Waals surface area contributed by atoms with Gasteiger partial charge in [-0.3, -0.25) is 9.79 Å². The molecule has 3 rings (SSSR count). The highest BCUT2D eigenvalue weighted by atomic mass is 32.2. The van der Waals surface area contributed by atoms with Gasteiger partial charge in [0.2, 0.25) is 5.91 Å². The summed E-state index contributed by atoms with van der Waals surface area (Å²) in [5.74, 6) is 1.87. The first-order valence-electron chi connectivity index (χ1n) is 7.25. The van der Waals surface area contributed by atoms with Gasteiger partial charge in [-0.15, -0.1) is 0 Å². The molecule has 0 radical (unpaired) electrons. The van der Waals surface area contributed by atoms with Gasteiger partial charge in [-0.1, -0.05) is 32.0 Å². The van der Waals surface area contributed by atoms with Gasteiger partial charge in [0.05, 0.1) is 6.04 Å². The SMILES string of the molecule is CCC1(CC)SC(=N[C@H]2C[C@@H]3CC[C@H]2C3)NC1=O. The van der Waals surface area contributed by atoms with Crippen LogP contribution in [0.5, 0.6) is 0 Å². The van der Waals surface area contributed by atoms with Crippen molar-refractivity contribution >= 4 is 22.8 Å². The number of nitrogens with zero attached hydrogens (tertiary/aromatic N) is 1. The molecule has 0 aromatic heterocycles. The summed E-state index contributed by atoms with van der Waals surface area (Å²) in [5, 5.41) is 3.90. The summed E-state index contributed by atoms with van der Waals surface area (Å²) in [5.41, 5.74) is 0. The van der Waals surface area contributed by atoms with Crippen LogP contribution in [0, 0.1) is 11.8 Å². The van der Waals surface area contributed by atoms with E-state index in [-0.39, 0.29) is 10.7 Å². The topological polar surface area (TPSA) is 41.5 Å². The van der Waals surface area contributed by atoms with Crippen LogP contribution in [-0.4, -0.2) is 21.9 Å². The number of fused-ring (bicyclic) bond motifs is 2. The average molecular weight is 266 g/mol. The zero-order valence-corrected chi connectivity index (χ0v) is 12.1. The molecule has 0 aromatic carbocycles. The standard InChI is InChI=1S/C14H22N2OS/c1-3-14(4-2)12(17)16-13(18-14)15-11-8-9-5-6-10(11)7-9/h9-11H,3-8H2,1-2H3,(H,15,16,17)/t9-,10+,11+/m1/s1. The molecule has 3 fully saturated rings. The minimum Gasteiger partial charge on any atom is -0.304 e. The van der Waals surface area contributed by atoms with E-state index in [9.17, 15) is 4.79 Å². The maximum atomic E-state index is 12.1. The maximum Gasteiger partial charge on any atom is 0.242 e. The van der Waals surface area contributed by atoms with Gasteiger partial charge in [-0.05, 0) is 43.9 Å². The number of nitrogens with one attached hydrogen (secondary N) is 1. The second-order valence-corrected chi connectivity index (χ2v) is 7.31. The van der Waals surface area contributed by atoms with Gasteiger partial charge >= 0.3 is 0 Å². The Morgan fingerprint density at radius 1 is 1.33 bits per heavy atom. The summed E-state index contributed by atoms with van der Waals surface area (Å²) in [6, 6.07) is 0.482. The number of carbonyl (C=O) groups excluding carboxylic acids is 1. The number of aliphatic imine (C=N–C) groups is 1. The minimum absolute atomic E-state index is 0.166. The monoisotopic (exact) mass is 266 g/mol. The zero-order valence-electron chi connectivity index (χ0n) is 11.2. The first-order chi connectivity index (χ1) is 8.66. The van der Waals surface area contributed by atoms with Gasteiger partial charge in [0.15, 0.2) is 5.17 Å². The lowest BCUT2D eigenvalue weighted by Crippen LogP contribution is -2.35. The highest BCUT2D eigenvalue weighted by Gasteiger charge is 2.45. The van der Waals surface area contributed by atoms with Crippen LogP contribution in [0.2, 0.25) is 0 Å². The number of amides is 1. The quantitative estimate of drug-likeness (QED) is 0.853. The summed E-state index contributed by atoms with van der Waals surface area (Å²) in [6.45, 7) is 4.19. The fourth-order valence-electron chi connectivity index (χ4n) is 3.76. The Balaban J connectivity index is 1.73. The largest absolute Gasteiger partial charge is 0.304 e. The van der Waals surface area contributed by atoms with Crippen molar-refractivity contribution in [3.05, 3.63) is 0 Å². The van der Waals surface area contributed by atoms with Crippen LogP contribution < -0.4 is 5.32 Å². The molecular weight excluding hydrogens is 244 g/mol. The first kappa shape index (κ1) is 12.5. The summed E-state index contributed by atoms with van der Waals surface area (Å²) in [6.07, 6.45) is 7.13. The molecule has 1 heterocycles. The van der Waals surface area contributed by atoms with Crippen molar-refractivity contribution in [1.29, 1.82) is 0 Å². The lowest BCUT2D eigenvalue weighted by Gasteiger charge is -2.20. The van der Waals surface area contributed by atoms with Gasteiger partial charge in [0.25, 0.3) is 0 Å². The van der Waals surface area contributed by atoms with Gasteiger partial charge < -0.3 is 5.32 Å². The van der Waals surface area contributed by atoms with Crippen molar-refractivity contribution in [1.82, 2.24) is 5.32 Å². The van der Waals surface area contributed by atoms with Crippen LogP contribution in [-0.2, 0) is 4.79 Å². The molecule has 0 aromatic rings. The molecule has 1 N–H and O–H groups in total. The molecule has 2 aliphatic carbocycles. The Morgan fingerprint density at radius 2 is 2.11 bits per heavy atom. The highest BCUT2D eigenvalue weighted by molar-refractivity contribution is 8.16. The predicted molar refractivity (Wildman–Crippen MR) is 75.7 cm³/mol. The first-order valence-corrected chi connectivity index (χ1v) is 8.06. The molecular formula is C14H22N2OS. The Morgan fingerprint density at radius 3 is 2.61 bits per heavy atom. The summed E-state index contributed by atoms with van der Waals surface area (Å²) < 4.78 is -0.254. The molecule has 3 atom stereocenters. The summed E-state index contributed by atoms with van der Waals surface area (Å²) >= 11 is 1.67. The van der Waals surface area contributed by atoms with E-state index in [1.165, 1.54) is 25.7 Å². The molecule has 0 spiro atoms. The van der Waals surface area contributed by atoms with Crippen molar-refractivity contribution in [3.63, 3.8) is 0 Å². The third-order valence-corrected chi connectivity index (χ3v) is 6.61. The third-order valence-electron chi connectivity index (χ3n) is 5.05. The van der Waals surface area contributed by atoms with Crippen molar-refractivity contribution in [2.24, 2.45) is 16.8 Å². The van der Waals surface area contributed by atoms with Crippen molar-refractivity contribution in [3.8, 4) is 0 Å². The Hall–Kier alpha value is -0.510. The molecule has 4 heteroatoms. The molecule has 1 amide bonds. The van der Waals surface area contributed by atoms with Gasteiger partial charge in [0.1, 0.15) is 4.75 Å². The zero-order chi connectivity index (χ0) is 12.8. The Kier molecular flexibility index (Phi) is 3.16. The van der Waals surface area contributed by atoms with E-state index in [1.54, 1.807) is 11.8 Å².